The molecule has 100 valence electrons. The molecule has 19 heavy (non-hydrogen) atoms. The van der Waals surface area contributed by atoms with Crippen molar-refractivity contribution >= 4 is 27.3 Å². The van der Waals surface area contributed by atoms with Gasteiger partial charge >= 0.3 is 0 Å². The number of carbonyl (C=O) groups excluding carboxylic acids is 1. The minimum atomic E-state index is -0.0830. The van der Waals surface area contributed by atoms with Crippen LogP contribution >= 0.6 is 11.3 Å². The molecule has 0 aliphatic heterocycles. The molecule has 0 unspecified atom stereocenters. The first-order valence-electron chi connectivity index (χ1n) is 6.60. The number of carbonyl (C=O) groups is 1. The molecular formula is C14H16N2O2S. The Morgan fingerprint density at radius 2 is 2.16 bits per heavy atom. The fourth-order valence-corrected chi connectivity index (χ4v) is 3.40. The van der Waals surface area contributed by atoms with Crippen molar-refractivity contribution in [1.82, 2.24) is 9.88 Å². The van der Waals surface area contributed by atoms with Crippen molar-refractivity contribution in [3.63, 3.8) is 0 Å². The number of hydrogen-bond acceptors (Lipinski definition) is 3. The lowest BCUT2D eigenvalue weighted by Crippen LogP contribution is -2.37. The second-order valence-corrected chi connectivity index (χ2v) is 5.94. The Kier molecular flexibility index (Phi) is 3.38. The van der Waals surface area contributed by atoms with E-state index in [0.29, 0.717) is 11.4 Å². The molecule has 2 heterocycles. The average molecular weight is 276 g/mol. The van der Waals surface area contributed by atoms with Crippen LogP contribution in [0.2, 0.25) is 0 Å². The minimum absolute atomic E-state index is 0.0661. The maximum Gasteiger partial charge on any atom is 0.259 e. The molecule has 2 aromatic heterocycles. The lowest BCUT2D eigenvalue weighted by Gasteiger charge is -2.12. The largest absolute Gasteiger partial charge is 0.352 e. The molecule has 2 aromatic rings. The first-order valence-corrected chi connectivity index (χ1v) is 7.48. The Hall–Kier alpha value is -1.62. The Morgan fingerprint density at radius 3 is 2.95 bits per heavy atom. The summed E-state index contributed by atoms with van der Waals surface area (Å²) in [6.07, 6.45) is 6.20. The lowest BCUT2D eigenvalue weighted by atomic mass is 10.2. The van der Waals surface area contributed by atoms with Crippen molar-refractivity contribution in [3.05, 3.63) is 34.1 Å². The van der Waals surface area contributed by atoms with E-state index in [1.165, 1.54) is 17.4 Å². The highest BCUT2D eigenvalue weighted by atomic mass is 32.1. The summed E-state index contributed by atoms with van der Waals surface area (Å²) in [6, 6.07) is 4.01. The highest BCUT2D eigenvalue weighted by Crippen LogP contribution is 2.18. The van der Waals surface area contributed by atoms with Gasteiger partial charge in [0.1, 0.15) is 6.54 Å². The van der Waals surface area contributed by atoms with Gasteiger partial charge in [-0.1, -0.05) is 12.8 Å². The molecule has 0 atom stereocenters. The van der Waals surface area contributed by atoms with Gasteiger partial charge in [-0.3, -0.25) is 9.59 Å². The number of pyridine rings is 1. The van der Waals surface area contributed by atoms with E-state index in [1.54, 1.807) is 17.5 Å². The summed E-state index contributed by atoms with van der Waals surface area (Å²) in [5.74, 6) is -0.0661. The number of fused-ring (bicyclic) bond motifs is 1. The van der Waals surface area contributed by atoms with Crippen LogP contribution < -0.4 is 10.9 Å². The fourth-order valence-electron chi connectivity index (χ4n) is 2.63. The molecular weight excluding hydrogens is 260 g/mol. The zero-order chi connectivity index (χ0) is 13.2. The van der Waals surface area contributed by atoms with Gasteiger partial charge in [-0.25, -0.2) is 0 Å². The Balaban J connectivity index is 1.75. The number of hydrogen-bond donors (Lipinski definition) is 1. The molecule has 5 heteroatoms. The molecule has 1 N–H and O–H groups in total. The molecule has 0 saturated heterocycles. The number of aromatic nitrogens is 1. The smallest absolute Gasteiger partial charge is 0.259 e. The monoisotopic (exact) mass is 276 g/mol. The third kappa shape index (κ3) is 2.56. The maximum absolute atomic E-state index is 12.2. The van der Waals surface area contributed by atoms with E-state index in [2.05, 4.69) is 5.32 Å². The van der Waals surface area contributed by atoms with Crippen LogP contribution in [0, 0.1) is 0 Å². The Labute approximate surface area is 115 Å². The van der Waals surface area contributed by atoms with Gasteiger partial charge in [0, 0.05) is 16.9 Å². The number of nitrogens with one attached hydrogen (secondary N) is 1. The fraction of sp³-hybridized carbons (Fsp3) is 0.429. The van der Waals surface area contributed by atoms with E-state index in [4.69, 9.17) is 0 Å². The standard InChI is InChI=1S/C14H16N2O2S/c17-13(15-10-3-1-2-4-10)9-16-7-5-12-11(14(16)18)6-8-19-12/h5-8,10H,1-4,9H2,(H,15,17). The molecule has 0 aromatic carbocycles. The topological polar surface area (TPSA) is 51.1 Å². The van der Waals surface area contributed by atoms with Crippen LogP contribution in [0.5, 0.6) is 0 Å². The third-order valence-electron chi connectivity index (χ3n) is 3.63. The van der Waals surface area contributed by atoms with E-state index in [0.717, 1.165) is 17.5 Å². The molecule has 0 spiro atoms. The molecule has 1 saturated carbocycles. The van der Waals surface area contributed by atoms with Gasteiger partial charge in [0.05, 0.1) is 5.39 Å². The summed E-state index contributed by atoms with van der Waals surface area (Å²) < 4.78 is 2.46. The van der Waals surface area contributed by atoms with Crippen molar-refractivity contribution in [3.8, 4) is 0 Å². The summed E-state index contributed by atoms with van der Waals surface area (Å²) in [5.41, 5.74) is -0.0830. The van der Waals surface area contributed by atoms with Crippen LogP contribution in [0.4, 0.5) is 0 Å². The quantitative estimate of drug-likeness (QED) is 0.933. The molecule has 1 amide bonds. The minimum Gasteiger partial charge on any atom is -0.352 e. The van der Waals surface area contributed by atoms with Gasteiger partial charge in [-0.05, 0) is 30.4 Å². The molecule has 0 bridgehead atoms. The highest BCUT2D eigenvalue weighted by molar-refractivity contribution is 7.17. The molecule has 1 aliphatic carbocycles. The second-order valence-electron chi connectivity index (χ2n) is 5.00. The highest BCUT2D eigenvalue weighted by Gasteiger charge is 2.17. The number of thiophene rings is 1. The van der Waals surface area contributed by atoms with Crippen LogP contribution in [0.3, 0.4) is 0 Å². The number of amides is 1. The first kappa shape index (κ1) is 12.4. The zero-order valence-electron chi connectivity index (χ0n) is 10.6. The van der Waals surface area contributed by atoms with Gasteiger partial charge in [0.15, 0.2) is 0 Å². The van der Waals surface area contributed by atoms with Crippen molar-refractivity contribution in [1.29, 1.82) is 0 Å². The molecule has 1 fully saturated rings. The normalized spacial score (nSPS) is 16.0. The van der Waals surface area contributed by atoms with Crippen LogP contribution in [0.1, 0.15) is 25.7 Å². The molecule has 4 nitrogen and oxygen atoms in total. The van der Waals surface area contributed by atoms with Gasteiger partial charge < -0.3 is 9.88 Å². The van der Waals surface area contributed by atoms with Gasteiger partial charge in [-0.2, -0.15) is 0 Å². The van der Waals surface area contributed by atoms with Gasteiger partial charge in [0.25, 0.3) is 5.56 Å². The predicted octanol–water partition coefficient (Wildman–Crippen LogP) is 2.12. The molecule has 3 rings (SSSR count). The van der Waals surface area contributed by atoms with E-state index < -0.39 is 0 Å². The summed E-state index contributed by atoms with van der Waals surface area (Å²) in [4.78, 5) is 24.1. The van der Waals surface area contributed by atoms with Gasteiger partial charge in [0.2, 0.25) is 5.91 Å². The first-order chi connectivity index (χ1) is 9.24. The van der Waals surface area contributed by atoms with Crippen molar-refractivity contribution in [2.75, 3.05) is 0 Å². The van der Waals surface area contributed by atoms with Gasteiger partial charge in [-0.15, -0.1) is 11.3 Å². The third-order valence-corrected chi connectivity index (χ3v) is 4.51. The SMILES string of the molecule is O=C(Cn1ccc2sccc2c1=O)NC1CCCC1. The van der Waals surface area contributed by atoms with Crippen molar-refractivity contribution < 1.29 is 4.79 Å². The Morgan fingerprint density at radius 1 is 1.37 bits per heavy atom. The predicted molar refractivity (Wildman–Crippen MR) is 76.5 cm³/mol. The van der Waals surface area contributed by atoms with Crippen molar-refractivity contribution in [2.24, 2.45) is 0 Å². The summed E-state index contributed by atoms with van der Waals surface area (Å²) in [5, 5.41) is 5.59. The number of rotatable bonds is 3. The summed E-state index contributed by atoms with van der Waals surface area (Å²) in [7, 11) is 0. The maximum atomic E-state index is 12.2. The Bertz CT molecular complexity index is 653. The van der Waals surface area contributed by atoms with Crippen LogP contribution in [0.25, 0.3) is 10.1 Å². The van der Waals surface area contributed by atoms with Crippen LogP contribution in [-0.2, 0) is 11.3 Å². The van der Waals surface area contributed by atoms with E-state index in [-0.39, 0.29) is 18.0 Å². The van der Waals surface area contributed by atoms with E-state index in [1.807, 2.05) is 17.5 Å². The van der Waals surface area contributed by atoms with Crippen LogP contribution in [0.15, 0.2) is 28.5 Å². The average Bonchev–Trinajstić information content (AvgIpc) is 3.03. The lowest BCUT2D eigenvalue weighted by molar-refractivity contribution is -0.122. The van der Waals surface area contributed by atoms with Crippen LogP contribution in [-0.4, -0.2) is 16.5 Å². The van der Waals surface area contributed by atoms with E-state index >= 15 is 0 Å². The number of nitrogens with zero attached hydrogens (tertiary/aromatic N) is 1. The van der Waals surface area contributed by atoms with Crippen molar-refractivity contribution in [2.45, 2.75) is 38.3 Å². The summed E-state index contributed by atoms with van der Waals surface area (Å²) in [6.45, 7) is 0.112. The second kappa shape index (κ2) is 5.17. The molecule has 1 aliphatic rings. The van der Waals surface area contributed by atoms with E-state index in [9.17, 15) is 9.59 Å². The zero-order valence-corrected chi connectivity index (χ0v) is 11.4. The molecule has 0 radical (unpaired) electrons. The summed E-state index contributed by atoms with van der Waals surface area (Å²) >= 11 is 1.54.